The van der Waals surface area contributed by atoms with Crippen LogP contribution in [0.2, 0.25) is 0 Å². The lowest BCUT2D eigenvalue weighted by Gasteiger charge is -2.11. The summed E-state index contributed by atoms with van der Waals surface area (Å²) in [5.74, 6) is -1.42. The van der Waals surface area contributed by atoms with E-state index in [1.807, 2.05) is 0 Å². The molecule has 0 amide bonds. The van der Waals surface area contributed by atoms with Crippen molar-refractivity contribution in [3.63, 3.8) is 0 Å². The lowest BCUT2D eigenvalue weighted by Crippen LogP contribution is -2.08. The SMILES string of the molecule is NCc1cccc(Oc2ccc(F)c(C(F)(F)F)c2)n1. The zero-order valence-electron chi connectivity index (χ0n) is 10.1. The number of aromatic nitrogens is 1. The van der Waals surface area contributed by atoms with Crippen LogP contribution in [-0.2, 0) is 12.7 Å². The predicted octanol–water partition coefficient (Wildman–Crippen LogP) is 3.49. The van der Waals surface area contributed by atoms with Gasteiger partial charge in [-0.15, -0.1) is 0 Å². The van der Waals surface area contributed by atoms with Crippen LogP contribution >= 0.6 is 0 Å². The highest BCUT2D eigenvalue weighted by Gasteiger charge is 2.34. The van der Waals surface area contributed by atoms with Crippen molar-refractivity contribution in [2.45, 2.75) is 12.7 Å². The summed E-state index contributed by atoms with van der Waals surface area (Å²) < 4.78 is 56.0. The number of rotatable bonds is 3. The van der Waals surface area contributed by atoms with Crippen LogP contribution in [0.5, 0.6) is 11.6 Å². The summed E-state index contributed by atoms with van der Waals surface area (Å²) in [5, 5.41) is 0. The summed E-state index contributed by atoms with van der Waals surface area (Å²) in [6.45, 7) is 0.175. The van der Waals surface area contributed by atoms with Crippen molar-refractivity contribution in [3.8, 4) is 11.6 Å². The van der Waals surface area contributed by atoms with E-state index in [4.69, 9.17) is 10.5 Å². The number of benzene rings is 1. The highest BCUT2D eigenvalue weighted by atomic mass is 19.4. The Labute approximate surface area is 112 Å². The van der Waals surface area contributed by atoms with Gasteiger partial charge in [0.05, 0.1) is 11.3 Å². The van der Waals surface area contributed by atoms with Gasteiger partial charge >= 0.3 is 6.18 Å². The fourth-order valence-electron chi connectivity index (χ4n) is 1.53. The highest BCUT2D eigenvalue weighted by Crippen LogP contribution is 2.34. The van der Waals surface area contributed by atoms with E-state index in [1.165, 1.54) is 6.07 Å². The Morgan fingerprint density at radius 3 is 2.55 bits per heavy atom. The van der Waals surface area contributed by atoms with Crippen LogP contribution in [0, 0.1) is 5.82 Å². The summed E-state index contributed by atoms with van der Waals surface area (Å²) in [5.41, 5.74) is 4.54. The maximum absolute atomic E-state index is 13.1. The molecule has 20 heavy (non-hydrogen) atoms. The number of hydrogen-bond donors (Lipinski definition) is 1. The van der Waals surface area contributed by atoms with E-state index < -0.39 is 17.6 Å². The third-order valence-corrected chi connectivity index (χ3v) is 2.46. The van der Waals surface area contributed by atoms with Gasteiger partial charge in [0.15, 0.2) is 0 Å². The van der Waals surface area contributed by atoms with Gasteiger partial charge in [0.1, 0.15) is 11.6 Å². The molecule has 0 atom stereocenters. The topological polar surface area (TPSA) is 48.1 Å². The van der Waals surface area contributed by atoms with Gasteiger partial charge in [0, 0.05) is 12.6 Å². The summed E-state index contributed by atoms with van der Waals surface area (Å²) >= 11 is 0. The number of nitrogens with two attached hydrogens (primary N) is 1. The van der Waals surface area contributed by atoms with Gasteiger partial charge in [0.25, 0.3) is 0 Å². The number of ether oxygens (including phenoxy) is 1. The van der Waals surface area contributed by atoms with Crippen LogP contribution in [0.25, 0.3) is 0 Å². The van der Waals surface area contributed by atoms with Gasteiger partial charge in [-0.3, -0.25) is 0 Å². The van der Waals surface area contributed by atoms with E-state index in [0.29, 0.717) is 17.8 Å². The standard InChI is InChI=1S/C13H10F4N2O/c14-11-5-4-9(6-10(11)13(15,16)17)20-12-3-1-2-8(7-18)19-12/h1-6H,7,18H2. The first-order valence-electron chi connectivity index (χ1n) is 5.61. The van der Waals surface area contributed by atoms with Gasteiger partial charge in [-0.25, -0.2) is 9.37 Å². The molecule has 2 N–H and O–H groups in total. The van der Waals surface area contributed by atoms with Crippen LogP contribution in [0.3, 0.4) is 0 Å². The van der Waals surface area contributed by atoms with Crippen molar-refractivity contribution in [3.05, 3.63) is 53.5 Å². The molecule has 0 aliphatic rings. The third kappa shape index (κ3) is 3.24. The largest absolute Gasteiger partial charge is 0.439 e. The van der Waals surface area contributed by atoms with E-state index >= 15 is 0 Å². The molecule has 0 aliphatic carbocycles. The predicted molar refractivity (Wildman–Crippen MR) is 63.6 cm³/mol. The molecule has 2 rings (SSSR count). The molecule has 1 heterocycles. The minimum absolute atomic E-state index is 0.0904. The maximum atomic E-state index is 13.1. The zero-order chi connectivity index (χ0) is 14.8. The first-order valence-corrected chi connectivity index (χ1v) is 5.61. The first-order chi connectivity index (χ1) is 9.40. The molecule has 2 aromatic rings. The van der Waals surface area contributed by atoms with E-state index in [2.05, 4.69) is 4.98 Å². The molecular formula is C13H10F4N2O. The Morgan fingerprint density at radius 1 is 1.15 bits per heavy atom. The second kappa shape index (κ2) is 5.46. The molecule has 1 aromatic carbocycles. The van der Waals surface area contributed by atoms with Crippen molar-refractivity contribution in [1.29, 1.82) is 0 Å². The summed E-state index contributed by atoms with van der Waals surface area (Å²) in [7, 11) is 0. The average Bonchev–Trinajstić information content (AvgIpc) is 2.40. The average molecular weight is 286 g/mol. The molecule has 0 bridgehead atoms. The molecule has 0 spiro atoms. The summed E-state index contributed by atoms with van der Waals surface area (Å²) in [6.07, 6.45) is -4.78. The molecule has 106 valence electrons. The second-order valence-corrected chi connectivity index (χ2v) is 3.91. The summed E-state index contributed by atoms with van der Waals surface area (Å²) in [6, 6.07) is 7.12. The van der Waals surface area contributed by atoms with E-state index in [9.17, 15) is 17.6 Å². The second-order valence-electron chi connectivity index (χ2n) is 3.91. The fourth-order valence-corrected chi connectivity index (χ4v) is 1.53. The molecule has 0 aliphatic heterocycles. The lowest BCUT2D eigenvalue weighted by atomic mass is 10.2. The minimum Gasteiger partial charge on any atom is -0.439 e. The number of halogens is 4. The minimum atomic E-state index is -4.78. The highest BCUT2D eigenvalue weighted by molar-refractivity contribution is 5.34. The van der Waals surface area contributed by atoms with Crippen LogP contribution in [0.1, 0.15) is 11.3 Å². The number of alkyl halides is 3. The Balaban J connectivity index is 2.30. The van der Waals surface area contributed by atoms with Gasteiger partial charge in [-0.2, -0.15) is 13.2 Å². The van der Waals surface area contributed by atoms with E-state index in [1.54, 1.807) is 12.1 Å². The molecule has 3 nitrogen and oxygen atoms in total. The normalized spacial score (nSPS) is 11.4. The number of pyridine rings is 1. The Bertz CT molecular complexity index is 614. The van der Waals surface area contributed by atoms with Gasteiger partial charge < -0.3 is 10.5 Å². The van der Waals surface area contributed by atoms with Crippen LogP contribution in [0.15, 0.2) is 36.4 Å². The van der Waals surface area contributed by atoms with Crippen molar-refractivity contribution >= 4 is 0 Å². The first kappa shape index (κ1) is 14.3. The maximum Gasteiger partial charge on any atom is 0.419 e. The fraction of sp³-hybridized carbons (Fsp3) is 0.154. The van der Waals surface area contributed by atoms with Crippen LogP contribution in [0.4, 0.5) is 17.6 Å². The van der Waals surface area contributed by atoms with Crippen molar-refractivity contribution in [2.24, 2.45) is 5.73 Å². The van der Waals surface area contributed by atoms with Crippen molar-refractivity contribution in [2.75, 3.05) is 0 Å². The van der Waals surface area contributed by atoms with Crippen LogP contribution in [-0.4, -0.2) is 4.98 Å². The lowest BCUT2D eigenvalue weighted by molar-refractivity contribution is -0.140. The van der Waals surface area contributed by atoms with Gasteiger partial charge in [-0.1, -0.05) is 6.07 Å². The Kier molecular flexibility index (Phi) is 3.89. The molecule has 0 radical (unpaired) electrons. The van der Waals surface area contributed by atoms with Gasteiger partial charge in [-0.05, 0) is 24.3 Å². The monoisotopic (exact) mass is 286 g/mol. The Hall–Kier alpha value is -2.15. The van der Waals surface area contributed by atoms with Crippen LogP contribution < -0.4 is 10.5 Å². The zero-order valence-corrected chi connectivity index (χ0v) is 10.1. The van der Waals surface area contributed by atoms with E-state index in [-0.39, 0.29) is 18.2 Å². The summed E-state index contributed by atoms with van der Waals surface area (Å²) in [4.78, 5) is 3.98. The van der Waals surface area contributed by atoms with E-state index in [0.717, 1.165) is 6.07 Å². The number of nitrogens with zero attached hydrogens (tertiary/aromatic N) is 1. The molecule has 1 aromatic heterocycles. The molecular weight excluding hydrogens is 276 g/mol. The Morgan fingerprint density at radius 2 is 1.90 bits per heavy atom. The molecule has 0 saturated carbocycles. The molecule has 0 saturated heterocycles. The van der Waals surface area contributed by atoms with Gasteiger partial charge in [0.2, 0.25) is 5.88 Å². The molecule has 0 unspecified atom stereocenters. The smallest absolute Gasteiger partial charge is 0.419 e. The van der Waals surface area contributed by atoms with Crippen molar-refractivity contribution < 1.29 is 22.3 Å². The third-order valence-electron chi connectivity index (χ3n) is 2.46. The molecule has 7 heteroatoms. The van der Waals surface area contributed by atoms with Crippen molar-refractivity contribution in [1.82, 2.24) is 4.98 Å². The molecule has 0 fully saturated rings. The quantitative estimate of drug-likeness (QED) is 0.879. The number of hydrogen-bond acceptors (Lipinski definition) is 3.